The van der Waals surface area contributed by atoms with Crippen LogP contribution in [0.1, 0.15) is 0 Å². The van der Waals surface area contributed by atoms with Crippen LogP contribution in [0.15, 0.2) is 45.3 Å². The molecule has 0 aliphatic heterocycles. The van der Waals surface area contributed by atoms with E-state index in [0.717, 1.165) is 25.8 Å². The highest BCUT2D eigenvalue weighted by molar-refractivity contribution is 9.11. The van der Waals surface area contributed by atoms with Crippen molar-refractivity contribution < 1.29 is 9.13 Å². The van der Waals surface area contributed by atoms with Crippen LogP contribution in [-0.4, -0.2) is 7.11 Å². The standard InChI is InChI=1S/C13H9Br2FO/c1-17-9-3-5-13(15)11(7-9)10-6-8(16)2-4-12(10)14/h2-7H,1H3. The van der Waals surface area contributed by atoms with Crippen LogP contribution in [0, 0.1) is 5.82 Å². The molecule has 0 N–H and O–H groups in total. The summed E-state index contributed by atoms with van der Waals surface area (Å²) in [4.78, 5) is 0. The number of benzene rings is 2. The minimum Gasteiger partial charge on any atom is -0.497 e. The third-order valence-electron chi connectivity index (χ3n) is 2.39. The summed E-state index contributed by atoms with van der Waals surface area (Å²) in [6.45, 7) is 0. The molecule has 0 atom stereocenters. The first-order valence-corrected chi connectivity index (χ1v) is 6.49. The van der Waals surface area contributed by atoms with Gasteiger partial charge in [0.15, 0.2) is 0 Å². The van der Waals surface area contributed by atoms with E-state index in [-0.39, 0.29) is 5.82 Å². The van der Waals surface area contributed by atoms with Gasteiger partial charge in [-0.1, -0.05) is 31.9 Å². The maximum atomic E-state index is 13.3. The molecule has 17 heavy (non-hydrogen) atoms. The van der Waals surface area contributed by atoms with Gasteiger partial charge in [0.25, 0.3) is 0 Å². The Morgan fingerprint density at radius 1 is 0.941 bits per heavy atom. The molecule has 0 spiro atoms. The van der Waals surface area contributed by atoms with E-state index in [9.17, 15) is 4.39 Å². The quantitative estimate of drug-likeness (QED) is 0.730. The Morgan fingerprint density at radius 3 is 2.18 bits per heavy atom. The zero-order chi connectivity index (χ0) is 12.4. The molecule has 0 saturated carbocycles. The van der Waals surface area contributed by atoms with Gasteiger partial charge in [-0.15, -0.1) is 0 Å². The van der Waals surface area contributed by atoms with E-state index in [4.69, 9.17) is 4.74 Å². The van der Waals surface area contributed by atoms with Gasteiger partial charge in [-0.3, -0.25) is 0 Å². The molecule has 2 aromatic rings. The molecule has 0 aromatic heterocycles. The van der Waals surface area contributed by atoms with E-state index in [1.807, 2.05) is 18.2 Å². The molecular weight excluding hydrogens is 351 g/mol. The lowest BCUT2D eigenvalue weighted by molar-refractivity contribution is 0.415. The molecule has 0 saturated heterocycles. The molecule has 1 nitrogen and oxygen atoms in total. The number of ether oxygens (including phenoxy) is 1. The summed E-state index contributed by atoms with van der Waals surface area (Å²) in [5.74, 6) is 0.470. The van der Waals surface area contributed by atoms with Crippen molar-refractivity contribution >= 4 is 31.9 Å². The topological polar surface area (TPSA) is 9.23 Å². The summed E-state index contributed by atoms with van der Waals surface area (Å²) in [7, 11) is 1.60. The van der Waals surface area contributed by atoms with E-state index in [2.05, 4.69) is 31.9 Å². The Hall–Kier alpha value is -0.870. The van der Waals surface area contributed by atoms with Crippen molar-refractivity contribution in [1.82, 2.24) is 0 Å². The van der Waals surface area contributed by atoms with Gasteiger partial charge in [0.1, 0.15) is 11.6 Å². The average Bonchev–Trinajstić information content (AvgIpc) is 2.33. The summed E-state index contributed by atoms with van der Waals surface area (Å²) in [5, 5.41) is 0. The molecule has 0 bridgehead atoms. The van der Waals surface area contributed by atoms with Crippen LogP contribution in [0.4, 0.5) is 4.39 Å². The van der Waals surface area contributed by atoms with E-state index < -0.39 is 0 Å². The molecule has 0 radical (unpaired) electrons. The van der Waals surface area contributed by atoms with Gasteiger partial charge in [-0.25, -0.2) is 4.39 Å². The van der Waals surface area contributed by atoms with Gasteiger partial charge >= 0.3 is 0 Å². The average molecular weight is 360 g/mol. The fraction of sp³-hybridized carbons (Fsp3) is 0.0769. The van der Waals surface area contributed by atoms with Crippen molar-refractivity contribution in [2.75, 3.05) is 7.11 Å². The highest BCUT2D eigenvalue weighted by Crippen LogP contribution is 2.36. The molecule has 0 unspecified atom stereocenters. The van der Waals surface area contributed by atoms with E-state index in [1.165, 1.54) is 12.1 Å². The Balaban J connectivity index is 2.62. The predicted octanol–water partition coefficient (Wildman–Crippen LogP) is 5.03. The minimum atomic E-state index is -0.266. The summed E-state index contributed by atoms with van der Waals surface area (Å²) in [6.07, 6.45) is 0. The van der Waals surface area contributed by atoms with E-state index in [1.54, 1.807) is 13.2 Å². The van der Waals surface area contributed by atoms with E-state index in [0.29, 0.717) is 0 Å². The van der Waals surface area contributed by atoms with Gasteiger partial charge in [0, 0.05) is 20.1 Å². The van der Waals surface area contributed by atoms with Crippen molar-refractivity contribution in [3.8, 4) is 16.9 Å². The Kier molecular flexibility index (Phi) is 3.84. The third-order valence-corrected chi connectivity index (χ3v) is 3.78. The summed E-state index contributed by atoms with van der Waals surface area (Å²) in [5.41, 5.74) is 1.67. The van der Waals surface area contributed by atoms with Gasteiger partial charge in [-0.05, 0) is 36.4 Å². The van der Waals surface area contributed by atoms with Gasteiger partial charge in [0.2, 0.25) is 0 Å². The zero-order valence-electron chi connectivity index (χ0n) is 9.01. The molecule has 0 aliphatic rings. The van der Waals surface area contributed by atoms with Crippen LogP contribution in [-0.2, 0) is 0 Å². The SMILES string of the molecule is COc1ccc(Br)c(-c2cc(F)ccc2Br)c1. The second-order valence-corrected chi connectivity index (χ2v) is 5.18. The first kappa shape index (κ1) is 12.6. The normalized spacial score (nSPS) is 10.4. The number of halogens is 3. The smallest absolute Gasteiger partial charge is 0.123 e. The number of methoxy groups -OCH3 is 1. The number of rotatable bonds is 2. The summed E-state index contributed by atoms with van der Waals surface area (Å²) in [6, 6.07) is 10.2. The van der Waals surface area contributed by atoms with Gasteiger partial charge in [-0.2, -0.15) is 0 Å². The maximum absolute atomic E-state index is 13.3. The van der Waals surface area contributed by atoms with Crippen LogP contribution in [0.25, 0.3) is 11.1 Å². The Labute approximate surface area is 116 Å². The second-order valence-electron chi connectivity index (χ2n) is 3.47. The Bertz CT molecular complexity index is 555. The molecule has 0 fully saturated rings. The largest absolute Gasteiger partial charge is 0.497 e. The lowest BCUT2D eigenvalue weighted by Crippen LogP contribution is -1.87. The van der Waals surface area contributed by atoms with Crippen molar-refractivity contribution in [3.63, 3.8) is 0 Å². The molecule has 0 amide bonds. The van der Waals surface area contributed by atoms with Crippen LogP contribution in [0.3, 0.4) is 0 Å². The van der Waals surface area contributed by atoms with E-state index >= 15 is 0 Å². The molecule has 0 heterocycles. The minimum absolute atomic E-state index is 0.266. The molecular formula is C13H9Br2FO. The number of hydrogen-bond acceptors (Lipinski definition) is 1. The zero-order valence-corrected chi connectivity index (χ0v) is 12.2. The fourth-order valence-corrected chi connectivity index (χ4v) is 2.46. The van der Waals surface area contributed by atoms with Crippen LogP contribution >= 0.6 is 31.9 Å². The van der Waals surface area contributed by atoms with Crippen molar-refractivity contribution in [2.24, 2.45) is 0 Å². The van der Waals surface area contributed by atoms with Crippen molar-refractivity contribution in [2.45, 2.75) is 0 Å². The molecule has 2 rings (SSSR count). The van der Waals surface area contributed by atoms with Crippen LogP contribution in [0.5, 0.6) is 5.75 Å². The van der Waals surface area contributed by atoms with Crippen LogP contribution < -0.4 is 4.74 Å². The van der Waals surface area contributed by atoms with Gasteiger partial charge in [0.05, 0.1) is 7.11 Å². The van der Waals surface area contributed by atoms with Gasteiger partial charge < -0.3 is 4.74 Å². The first-order valence-electron chi connectivity index (χ1n) is 4.91. The van der Waals surface area contributed by atoms with Crippen molar-refractivity contribution in [3.05, 3.63) is 51.2 Å². The Morgan fingerprint density at radius 2 is 1.53 bits per heavy atom. The number of hydrogen-bond donors (Lipinski definition) is 0. The highest BCUT2D eigenvalue weighted by atomic mass is 79.9. The molecule has 88 valence electrons. The predicted molar refractivity (Wildman–Crippen MR) is 73.8 cm³/mol. The maximum Gasteiger partial charge on any atom is 0.123 e. The summed E-state index contributed by atoms with van der Waals surface area (Å²) < 4.78 is 20.2. The van der Waals surface area contributed by atoms with Crippen molar-refractivity contribution in [1.29, 1.82) is 0 Å². The molecule has 0 aliphatic carbocycles. The third kappa shape index (κ3) is 2.69. The monoisotopic (exact) mass is 358 g/mol. The lowest BCUT2D eigenvalue weighted by atomic mass is 10.1. The summed E-state index contributed by atoms with van der Waals surface area (Å²) >= 11 is 6.88. The van der Waals surface area contributed by atoms with Crippen LogP contribution in [0.2, 0.25) is 0 Å². The lowest BCUT2D eigenvalue weighted by Gasteiger charge is -2.09. The molecule has 4 heteroatoms. The first-order chi connectivity index (χ1) is 8.11. The molecule has 2 aromatic carbocycles. The highest BCUT2D eigenvalue weighted by Gasteiger charge is 2.09. The fourth-order valence-electron chi connectivity index (χ4n) is 1.54. The second kappa shape index (κ2) is 5.19.